The molecule has 0 atom stereocenters. The van der Waals surface area contributed by atoms with Gasteiger partial charge in [0.2, 0.25) is 0 Å². The molecule has 0 unspecified atom stereocenters. The van der Waals surface area contributed by atoms with E-state index in [2.05, 4.69) is 40.1 Å². The molecule has 9 heteroatoms. The lowest BCUT2D eigenvalue weighted by Gasteiger charge is -2.37. The van der Waals surface area contributed by atoms with Gasteiger partial charge in [0.1, 0.15) is 21.8 Å². The molecule has 3 heterocycles. The van der Waals surface area contributed by atoms with Gasteiger partial charge >= 0.3 is 0 Å². The minimum Gasteiger partial charge on any atom is -0.355 e. The number of piperazine rings is 1. The predicted molar refractivity (Wildman–Crippen MR) is 145 cm³/mol. The van der Waals surface area contributed by atoms with Crippen molar-refractivity contribution in [2.75, 3.05) is 37.6 Å². The summed E-state index contributed by atoms with van der Waals surface area (Å²) >= 11 is 6.71. The standard InChI is InChI=1S/C26H29N5O2S2/c1-4-10-31-25(33)22(35-26(31)34)15-20-18(2)21(16-27)24(32)28(3)23(20)30-13-11-29(12-14-30)17-19-8-6-5-7-9-19/h5-9,15H,4,10-14,17H2,1-3H3. The van der Waals surface area contributed by atoms with Crippen LogP contribution in [0.15, 0.2) is 40.0 Å². The first kappa shape index (κ1) is 25.2. The molecular weight excluding hydrogens is 478 g/mol. The number of aromatic nitrogens is 1. The van der Waals surface area contributed by atoms with Crippen LogP contribution in [0.3, 0.4) is 0 Å². The van der Waals surface area contributed by atoms with Gasteiger partial charge in [0.25, 0.3) is 11.5 Å². The van der Waals surface area contributed by atoms with Crippen LogP contribution >= 0.6 is 24.0 Å². The zero-order valence-corrected chi connectivity index (χ0v) is 21.9. The molecular formula is C26H29N5O2S2. The Balaban J connectivity index is 1.68. The Morgan fingerprint density at radius 1 is 1.14 bits per heavy atom. The Kier molecular flexibility index (Phi) is 7.75. The second-order valence-corrected chi connectivity index (χ2v) is 10.5. The summed E-state index contributed by atoms with van der Waals surface area (Å²) in [7, 11) is 1.70. The number of nitrogens with zero attached hydrogens (tertiary/aromatic N) is 5. The van der Waals surface area contributed by atoms with Crippen LogP contribution in [0, 0.1) is 18.3 Å². The van der Waals surface area contributed by atoms with Crippen molar-refractivity contribution < 1.29 is 4.79 Å². The first-order chi connectivity index (χ1) is 16.8. The van der Waals surface area contributed by atoms with Crippen molar-refractivity contribution in [3.63, 3.8) is 0 Å². The zero-order chi connectivity index (χ0) is 25.1. The Bertz CT molecular complexity index is 1270. The van der Waals surface area contributed by atoms with Crippen LogP contribution in [0.4, 0.5) is 5.82 Å². The maximum atomic E-state index is 13.0. The summed E-state index contributed by atoms with van der Waals surface area (Å²) in [4.78, 5) is 32.8. The van der Waals surface area contributed by atoms with Gasteiger partial charge in [0, 0.05) is 51.9 Å². The van der Waals surface area contributed by atoms with E-state index in [9.17, 15) is 14.9 Å². The summed E-state index contributed by atoms with van der Waals surface area (Å²) in [6.45, 7) is 8.43. The van der Waals surface area contributed by atoms with Crippen LogP contribution in [0.5, 0.6) is 0 Å². The predicted octanol–water partition coefficient (Wildman–Crippen LogP) is 3.50. The van der Waals surface area contributed by atoms with Crippen molar-refractivity contribution in [1.29, 1.82) is 5.26 Å². The fraction of sp³-hybridized carbons (Fsp3) is 0.385. The molecule has 0 aliphatic carbocycles. The van der Waals surface area contributed by atoms with E-state index < -0.39 is 0 Å². The van der Waals surface area contributed by atoms with E-state index in [0.29, 0.717) is 21.3 Å². The molecule has 1 amide bonds. The van der Waals surface area contributed by atoms with Crippen molar-refractivity contribution >= 4 is 46.1 Å². The van der Waals surface area contributed by atoms with E-state index in [4.69, 9.17) is 12.2 Å². The normalized spacial score (nSPS) is 17.9. The topological polar surface area (TPSA) is 72.6 Å². The summed E-state index contributed by atoms with van der Waals surface area (Å²) in [6.07, 6.45) is 2.63. The number of nitriles is 1. The number of amides is 1. The van der Waals surface area contributed by atoms with Gasteiger partial charge in [-0.25, -0.2) is 0 Å². The smallest absolute Gasteiger partial charge is 0.270 e. The Morgan fingerprint density at radius 3 is 2.46 bits per heavy atom. The minimum absolute atomic E-state index is 0.106. The van der Waals surface area contributed by atoms with Crippen molar-refractivity contribution in [2.24, 2.45) is 7.05 Å². The molecule has 0 radical (unpaired) electrons. The summed E-state index contributed by atoms with van der Waals surface area (Å²) < 4.78 is 2.10. The van der Waals surface area contributed by atoms with Crippen LogP contribution in [0.25, 0.3) is 6.08 Å². The molecule has 7 nitrogen and oxygen atoms in total. The molecule has 2 fully saturated rings. The third kappa shape index (κ3) is 5.06. The fourth-order valence-electron chi connectivity index (χ4n) is 4.60. The summed E-state index contributed by atoms with van der Waals surface area (Å²) in [5.41, 5.74) is 2.39. The number of carbonyl (C=O) groups is 1. The molecule has 35 heavy (non-hydrogen) atoms. The van der Waals surface area contributed by atoms with E-state index in [0.717, 1.165) is 50.5 Å². The minimum atomic E-state index is -0.317. The summed E-state index contributed by atoms with van der Waals surface area (Å²) in [5, 5.41) is 9.69. The van der Waals surface area contributed by atoms with E-state index in [-0.39, 0.29) is 17.0 Å². The van der Waals surface area contributed by atoms with Crippen LogP contribution in [-0.4, -0.2) is 57.3 Å². The highest BCUT2D eigenvalue weighted by Crippen LogP contribution is 2.36. The second kappa shape index (κ2) is 10.8. The van der Waals surface area contributed by atoms with Gasteiger partial charge in [-0.2, -0.15) is 5.26 Å². The zero-order valence-electron chi connectivity index (χ0n) is 20.3. The monoisotopic (exact) mass is 507 g/mol. The van der Waals surface area contributed by atoms with Crippen molar-refractivity contribution in [1.82, 2.24) is 14.4 Å². The van der Waals surface area contributed by atoms with Gasteiger partial charge in [-0.1, -0.05) is 61.2 Å². The van der Waals surface area contributed by atoms with Gasteiger partial charge < -0.3 is 4.90 Å². The molecule has 0 spiro atoms. The van der Waals surface area contributed by atoms with Crippen molar-refractivity contribution in [2.45, 2.75) is 26.8 Å². The van der Waals surface area contributed by atoms with E-state index >= 15 is 0 Å². The molecule has 2 saturated heterocycles. The molecule has 0 N–H and O–H groups in total. The van der Waals surface area contributed by atoms with Crippen LogP contribution < -0.4 is 10.5 Å². The quantitative estimate of drug-likeness (QED) is 0.438. The van der Waals surface area contributed by atoms with Crippen molar-refractivity contribution in [3.05, 3.63) is 67.8 Å². The van der Waals surface area contributed by atoms with E-state index in [1.54, 1.807) is 23.4 Å². The van der Waals surface area contributed by atoms with E-state index in [1.807, 2.05) is 19.1 Å². The summed E-state index contributed by atoms with van der Waals surface area (Å²) in [6, 6.07) is 12.5. The van der Waals surface area contributed by atoms with Crippen LogP contribution in [0.1, 0.15) is 35.6 Å². The highest BCUT2D eigenvalue weighted by Gasteiger charge is 2.33. The first-order valence-electron chi connectivity index (χ1n) is 11.8. The average Bonchev–Trinajstić information content (AvgIpc) is 3.12. The molecule has 0 saturated carbocycles. The van der Waals surface area contributed by atoms with Gasteiger partial charge in [0.05, 0.1) is 4.91 Å². The van der Waals surface area contributed by atoms with Gasteiger partial charge in [-0.05, 0) is 30.5 Å². The number of hydrogen-bond acceptors (Lipinski definition) is 7. The summed E-state index contributed by atoms with van der Waals surface area (Å²) in [5.74, 6) is 0.624. The average molecular weight is 508 g/mol. The molecule has 2 aromatic rings. The second-order valence-electron chi connectivity index (χ2n) is 8.80. The van der Waals surface area contributed by atoms with Crippen molar-refractivity contribution in [3.8, 4) is 6.07 Å². The molecule has 2 aliphatic rings. The molecule has 2 aliphatic heterocycles. The molecule has 1 aromatic heterocycles. The molecule has 182 valence electrons. The Labute approximate surface area is 215 Å². The maximum absolute atomic E-state index is 13.0. The lowest BCUT2D eigenvalue weighted by Crippen LogP contribution is -2.48. The van der Waals surface area contributed by atoms with Crippen LogP contribution in [0.2, 0.25) is 0 Å². The highest BCUT2D eigenvalue weighted by atomic mass is 32.2. The Hall–Kier alpha value is -2.93. The van der Waals surface area contributed by atoms with Crippen LogP contribution in [-0.2, 0) is 18.4 Å². The maximum Gasteiger partial charge on any atom is 0.270 e. The first-order valence-corrected chi connectivity index (χ1v) is 13.0. The lowest BCUT2D eigenvalue weighted by atomic mass is 10.0. The molecule has 0 bridgehead atoms. The van der Waals surface area contributed by atoms with Gasteiger partial charge in [-0.15, -0.1) is 0 Å². The number of thioether (sulfide) groups is 1. The highest BCUT2D eigenvalue weighted by molar-refractivity contribution is 8.26. The number of pyridine rings is 1. The number of thiocarbonyl (C=S) groups is 1. The SMILES string of the molecule is CCCN1C(=O)C(=Cc2c(C)c(C#N)c(=O)n(C)c2N2CCN(Cc3ccccc3)CC2)SC1=S. The largest absolute Gasteiger partial charge is 0.355 e. The van der Waals surface area contributed by atoms with Gasteiger partial charge in [0.15, 0.2) is 0 Å². The van der Waals surface area contributed by atoms with E-state index in [1.165, 1.54) is 17.3 Å². The number of anilines is 1. The number of rotatable bonds is 6. The van der Waals surface area contributed by atoms with Gasteiger partial charge in [-0.3, -0.25) is 24.0 Å². The molecule has 4 rings (SSSR count). The number of carbonyl (C=O) groups excluding carboxylic acids is 1. The Morgan fingerprint density at radius 2 is 1.83 bits per heavy atom. The lowest BCUT2D eigenvalue weighted by molar-refractivity contribution is -0.122. The number of hydrogen-bond donors (Lipinski definition) is 0. The number of benzene rings is 1. The molecule has 1 aromatic carbocycles. The fourth-order valence-corrected chi connectivity index (χ4v) is 5.89. The third-order valence-corrected chi connectivity index (χ3v) is 7.86. The third-order valence-electron chi connectivity index (χ3n) is 6.48.